The summed E-state index contributed by atoms with van der Waals surface area (Å²) in [6.07, 6.45) is 4.84. The van der Waals surface area contributed by atoms with Gasteiger partial charge in [0.15, 0.2) is 5.13 Å². The molecule has 0 aliphatic carbocycles. The number of benzene rings is 1. The first-order valence-electron chi connectivity index (χ1n) is 8.76. The summed E-state index contributed by atoms with van der Waals surface area (Å²) in [4.78, 5) is 7.34. The van der Waals surface area contributed by atoms with Gasteiger partial charge in [-0.05, 0) is 62.7 Å². The maximum Gasteiger partial charge on any atom is 0.194 e. The smallest absolute Gasteiger partial charge is 0.194 e. The standard InChI is InChI=1S/C19H24N4S/c1-15-6-7-17-18(13-15)24-19(21-17)23-11-4-5-16(23)14-20-8-12-22-9-2-3-10-22/h4-7,11,13,20H,2-3,8-10,12,14H2,1H3. The minimum atomic E-state index is 0.885. The van der Waals surface area contributed by atoms with Gasteiger partial charge >= 0.3 is 0 Å². The Bertz CT molecular complexity index is 814. The Labute approximate surface area is 147 Å². The lowest BCUT2D eigenvalue weighted by atomic mass is 10.2. The average molecular weight is 340 g/mol. The molecule has 2 aromatic heterocycles. The highest BCUT2D eigenvalue weighted by Crippen LogP contribution is 2.26. The molecule has 24 heavy (non-hydrogen) atoms. The number of aromatic nitrogens is 2. The summed E-state index contributed by atoms with van der Waals surface area (Å²) in [7, 11) is 0. The number of hydrogen-bond acceptors (Lipinski definition) is 4. The van der Waals surface area contributed by atoms with Crippen LogP contribution >= 0.6 is 11.3 Å². The van der Waals surface area contributed by atoms with Crippen LogP contribution in [0.1, 0.15) is 24.1 Å². The molecule has 0 radical (unpaired) electrons. The third kappa shape index (κ3) is 3.38. The van der Waals surface area contributed by atoms with Crippen LogP contribution in [-0.2, 0) is 6.54 Å². The molecule has 4 nitrogen and oxygen atoms in total. The third-order valence-electron chi connectivity index (χ3n) is 4.68. The number of thiazole rings is 1. The predicted octanol–water partition coefficient (Wildman–Crippen LogP) is 3.58. The second-order valence-electron chi connectivity index (χ2n) is 6.56. The molecule has 0 saturated carbocycles. The van der Waals surface area contributed by atoms with Crippen LogP contribution < -0.4 is 5.32 Å². The average Bonchev–Trinajstić information content (AvgIpc) is 3.30. The molecular weight excluding hydrogens is 316 g/mol. The van der Waals surface area contributed by atoms with E-state index < -0.39 is 0 Å². The topological polar surface area (TPSA) is 33.1 Å². The van der Waals surface area contributed by atoms with Crippen molar-refractivity contribution in [1.29, 1.82) is 0 Å². The molecule has 0 amide bonds. The Kier molecular flexibility index (Phi) is 4.65. The lowest BCUT2D eigenvalue weighted by Gasteiger charge is -2.15. The van der Waals surface area contributed by atoms with E-state index in [2.05, 4.69) is 58.2 Å². The summed E-state index contributed by atoms with van der Waals surface area (Å²) in [6, 6.07) is 10.7. The SMILES string of the molecule is Cc1ccc2nc(-n3cccc3CNCCN3CCCC3)sc2c1. The number of hydrogen-bond donors (Lipinski definition) is 1. The van der Waals surface area contributed by atoms with Gasteiger partial charge in [-0.25, -0.2) is 4.98 Å². The fourth-order valence-electron chi connectivity index (χ4n) is 3.33. The maximum atomic E-state index is 4.79. The molecule has 126 valence electrons. The molecule has 5 heteroatoms. The Morgan fingerprint density at radius 1 is 1.21 bits per heavy atom. The van der Waals surface area contributed by atoms with E-state index in [1.807, 2.05) is 0 Å². The zero-order valence-corrected chi connectivity index (χ0v) is 15.0. The summed E-state index contributed by atoms with van der Waals surface area (Å²) in [5.74, 6) is 0. The second kappa shape index (κ2) is 7.05. The summed E-state index contributed by atoms with van der Waals surface area (Å²) in [6.45, 7) is 7.75. The van der Waals surface area contributed by atoms with Gasteiger partial charge < -0.3 is 10.2 Å². The van der Waals surface area contributed by atoms with Gasteiger partial charge in [0.1, 0.15) is 0 Å². The van der Waals surface area contributed by atoms with Crippen molar-refractivity contribution in [3.63, 3.8) is 0 Å². The number of aryl methyl sites for hydroxylation is 1. The minimum Gasteiger partial charge on any atom is -0.310 e. The molecule has 0 bridgehead atoms. The van der Waals surface area contributed by atoms with Crippen LogP contribution in [0.4, 0.5) is 0 Å². The van der Waals surface area contributed by atoms with Crippen LogP contribution in [-0.4, -0.2) is 40.6 Å². The lowest BCUT2D eigenvalue weighted by molar-refractivity contribution is 0.335. The van der Waals surface area contributed by atoms with Crippen LogP contribution in [0, 0.1) is 6.92 Å². The van der Waals surface area contributed by atoms with Gasteiger partial charge in [-0.2, -0.15) is 0 Å². The van der Waals surface area contributed by atoms with Crippen LogP contribution in [0.3, 0.4) is 0 Å². The molecule has 1 aromatic carbocycles. The van der Waals surface area contributed by atoms with E-state index in [9.17, 15) is 0 Å². The second-order valence-corrected chi connectivity index (χ2v) is 7.57. The van der Waals surface area contributed by atoms with Gasteiger partial charge in [0.2, 0.25) is 0 Å². The van der Waals surface area contributed by atoms with Crippen LogP contribution in [0.15, 0.2) is 36.5 Å². The Morgan fingerprint density at radius 3 is 2.96 bits per heavy atom. The van der Waals surface area contributed by atoms with E-state index in [1.54, 1.807) is 11.3 Å². The van der Waals surface area contributed by atoms with Gasteiger partial charge in [0, 0.05) is 31.5 Å². The molecule has 3 heterocycles. The minimum absolute atomic E-state index is 0.885. The molecule has 3 aromatic rings. The first-order valence-corrected chi connectivity index (χ1v) is 9.58. The molecule has 1 aliphatic heterocycles. The molecule has 1 aliphatic rings. The van der Waals surface area contributed by atoms with Crippen molar-refractivity contribution in [3.05, 3.63) is 47.8 Å². The molecule has 0 unspecified atom stereocenters. The van der Waals surface area contributed by atoms with E-state index in [-0.39, 0.29) is 0 Å². The number of fused-ring (bicyclic) bond motifs is 1. The zero-order chi connectivity index (χ0) is 16.4. The predicted molar refractivity (Wildman–Crippen MR) is 101 cm³/mol. The number of likely N-dealkylation sites (tertiary alicyclic amines) is 1. The quantitative estimate of drug-likeness (QED) is 0.696. The molecular formula is C19H24N4S. The van der Waals surface area contributed by atoms with Crippen molar-refractivity contribution in [3.8, 4) is 5.13 Å². The monoisotopic (exact) mass is 340 g/mol. The lowest BCUT2D eigenvalue weighted by Crippen LogP contribution is -2.30. The molecule has 1 N–H and O–H groups in total. The fraction of sp³-hybridized carbons (Fsp3) is 0.421. The van der Waals surface area contributed by atoms with Crippen molar-refractivity contribution in [1.82, 2.24) is 19.8 Å². The molecule has 4 rings (SSSR count). The van der Waals surface area contributed by atoms with Crippen LogP contribution in [0.5, 0.6) is 0 Å². The van der Waals surface area contributed by atoms with Crippen molar-refractivity contribution < 1.29 is 0 Å². The Morgan fingerprint density at radius 2 is 2.08 bits per heavy atom. The molecule has 0 spiro atoms. The summed E-state index contributed by atoms with van der Waals surface area (Å²) < 4.78 is 3.47. The third-order valence-corrected chi connectivity index (χ3v) is 5.70. The Hall–Kier alpha value is -1.69. The van der Waals surface area contributed by atoms with Gasteiger partial charge in [-0.1, -0.05) is 17.4 Å². The van der Waals surface area contributed by atoms with Crippen molar-refractivity contribution in [2.24, 2.45) is 0 Å². The summed E-state index contributed by atoms with van der Waals surface area (Å²) in [5, 5.41) is 4.63. The van der Waals surface area contributed by atoms with Crippen LogP contribution in [0.2, 0.25) is 0 Å². The van der Waals surface area contributed by atoms with E-state index in [0.717, 1.165) is 30.3 Å². The van der Waals surface area contributed by atoms with E-state index in [1.165, 1.54) is 41.9 Å². The normalized spacial score (nSPS) is 15.5. The van der Waals surface area contributed by atoms with Gasteiger partial charge in [-0.15, -0.1) is 0 Å². The summed E-state index contributed by atoms with van der Waals surface area (Å²) in [5.41, 5.74) is 3.64. The first-order chi connectivity index (χ1) is 11.8. The highest BCUT2D eigenvalue weighted by Gasteiger charge is 2.11. The van der Waals surface area contributed by atoms with Crippen LogP contribution in [0.25, 0.3) is 15.3 Å². The largest absolute Gasteiger partial charge is 0.310 e. The molecule has 1 fully saturated rings. The van der Waals surface area contributed by atoms with Gasteiger partial charge in [0.05, 0.1) is 10.2 Å². The highest BCUT2D eigenvalue weighted by atomic mass is 32.1. The van der Waals surface area contributed by atoms with E-state index in [0.29, 0.717) is 0 Å². The zero-order valence-electron chi connectivity index (χ0n) is 14.2. The molecule has 1 saturated heterocycles. The first kappa shape index (κ1) is 15.8. The van der Waals surface area contributed by atoms with Gasteiger partial charge in [0.25, 0.3) is 0 Å². The molecule has 0 atom stereocenters. The number of nitrogens with zero attached hydrogens (tertiary/aromatic N) is 3. The van der Waals surface area contributed by atoms with Crippen molar-refractivity contribution in [2.45, 2.75) is 26.3 Å². The van der Waals surface area contributed by atoms with Crippen molar-refractivity contribution in [2.75, 3.05) is 26.2 Å². The Balaban J connectivity index is 1.43. The summed E-state index contributed by atoms with van der Waals surface area (Å²) >= 11 is 1.76. The fourth-order valence-corrected chi connectivity index (χ4v) is 4.41. The van der Waals surface area contributed by atoms with Crippen molar-refractivity contribution >= 4 is 21.6 Å². The highest BCUT2D eigenvalue weighted by molar-refractivity contribution is 7.20. The van der Waals surface area contributed by atoms with E-state index in [4.69, 9.17) is 4.98 Å². The van der Waals surface area contributed by atoms with Gasteiger partial charge in [-0.3, -0.25) is 4.57 Å². The maximum absolute atomic E-state index is 4.79. The number of nitrogens with one attached hydrogen (secondary N) is 1. The van der Waals surface area contributed by atoms with E-state index >= 15 is 0 Å². The number of rotatable bonds is 6.